The first-order valence-corrected chi connectivity index (χ1v) is 11.5. The van der Waals surface area contributed by atoms with Gasteiger partial charge in [0.2, 0.25) is 0 Å². The van der Waals surface area contributed by atoms with Crippen molar-refractivity contribution < 1.29 is 9.09 Å². The summed E-state index contributed by atoms with van der Waals surface area (Å²) in [6.07, 6.45) is 18.2. The molecule has 0 aliphatic carbocycles. The molecule has 0 bridgehead atoms. The van der Waals surface area contributed by atoms with Crippen LogP contribution in [0.5, 0.6) is 0 Å². The first-order valence-electron chi connectivity index (χ1n) is 10.3. The van der Waals surface area contributed by atoms with Crippen LogP contribution in [0.2, 0.25) is 0 Å². The van der Waals surface area contributed by atoms with Crippen LogP contribution in [0.1, 0.15) is 96.8 Å². The van der Waals surface area contributed by atoms with Gasteiger partial charge in [-0.05, 0) is 37.4 Å². The Morgan fingerprint density at radius 2 is 1.21 bits per heavy atom. The van der Waals surface area contributed by atoms with Crippen LogP contribution in [0.25, 0.3) is 0 Å². The average Bonchev–Trinajstić information content (AvgIpc) is 2.59. The predicted molar refractivity (Wildman–Crippen MR) is 106 cm³/mol. The lowest BCUT2D eigenvalue weighted by Gasteiger charge is -2.02. The fourth-order valence-electron chi connectivity index (χ4n) is 2.73. The van der Waals surface area contributed by atoms with Gasteiger partial charge in [0.15, 0.2) is 0 Å². The number of nitrogens with one attached hydrogen (secondary N) is 2. The lowest BCUT2D eigenvalue weighted by atomic mass is 10.1. The maximum Gasteiger partial charge on any atom is 0.612 e. The van der Waals surface area contributed by atoms with Crippen molar-refractivity contribution in [1.29, 1.82) is 0 Å². The van der Waals surface area contributed by atoms with Gasteiger partial charge >= 0.3 is 8.18 Å². The first kappa shape index (κ1) is 24.0. The molecule has 144 valence electrons. The van der Waals surface area contributed by atoms with E-state index < -0.39 is 8.18 Å². The summed E-state index contributed by atoms with van der Waals surface area (Å²) in [5, 5.41) is 6.05. The monoisotopic (exact) mass is 361 g/mol. The third-order valence-electron chi connectivity index (χ3n) is 4.30. The molecule has 0 heterocycles. The van der Waals surface area contributed by atoms with Crippen LogP contribution >= 0.6 is 8.18 Å². The highest BCUT2D eigenvalue weighted by atomic mass is 31.1. The van der Waals surface area contributed by atoms with Gasteiger partial charge in [-0.1, -0.05) is 82.6 Å². The molecular weight excluding hydrogens is 319 g/mol. The summed E-state index contributed by atoms with van der Waals surface area (Å²) in [4.78, 5) is 0. The van der Waals surface area contributed by atoms with Gasteiger partial charge in [-0.25, -0.2) is 0 Å². The van der Waals surface area contributed by atoms with E-state index in [0.29, 0.717) is 6.61 Å². The van der Waals surface area contributed by atoms with E-state index in [1.165, 1.54) is 70.6 Å². The van der Waals surface area contributed by atoms with Gasteiger partial charge in [-0.15, -0.1) is 4.52 Å². The molecule has 2 N–H and O–H groups in total. The lowest BCUT2D eigenvalue weighted by molar-refractivity contribution is 0.309. The highest BCUT2D eigenvalue weighted by Crippen LogP contribution is 2.17. The van der Waals surface area contributed by atoms with Crippen LogP contribution < -0.4 is 10.4 Å². The van der Waals surface area contributed by atoms with Gasteiger partial charge in [0, 0.05) is 6.54 Å². The Morgan fingerprint density at radius 3 is 1.75 bits per heavy atom. The van der Waals surface area contributed by atoms with Crippen molar-refractivity contribution in [2.24, 2.45) is 0 Å². The van der Waals surface area contributed by atoms with Gasteiger partial charge in [0.1, 0.15) is 6.61 Å². The normalized spacial score (nSPS) is 11.8. The Balaban J connectivity index is 3.10. The van der Waals surface area contributed by atoms with Gasteiger partial charge in [-0.2, -0.15) is 0 Å². The third kappa shape index (κ3) is 20.0. The fourth-order valence-corrected chi connectivity index (χ4v) is 3.46. The Hall–Kier alpha value is -0.0200. The molecule has 0 aromatic heterocycles. The zero-order valence-corrected chi connectivity index (χ0v) is 17.2. The molecule has 0 saturated heterocycles. The van der Waals surface area contributed by atoms with Crippen molar-refractivity contribution in [2.45, 2.75) is 96.8 Å². The Bertz CT molecular complexity index is 266. The topological polar surface area (TPSA) is 50.4 Å². The maximum atomic E-state index is 11.6. The predicted octanol–water partition coefficient (Wildman–Crippen LogP) is 5.95. The second-order valence-corrected chi connectivity index (χ2v) is 7.79. The minimum Gasteiger partial charge on any atom is -0.320 e. The van der Waals surface area contributed by atoms with Crippen LogP contribution in [-0.4, -0.2) is 26.7 Å². The maximum absolute atomic E-state index is 11.6. The van der Waals surface area contributed by atoms with E-state index >= 15 is 0 Å². The minimum absolute atomic E-state index is 0.621. The summed E-state index contributed by atoms with van der Waals surface area (Å²) in [5.74, 6) is 0. The number of hydrogen-bond acceptors (Lipinski definition) is 3. The van der Waals surface area contributed by atoms with E-state index in [1.54, 1.807) is 0 Å². The van der Waals surface area contributed by atoms with Crippen molar-refractivity contribution in [3.63, 3.8) is 0 Å². The van der Waals surface area contributed by atoms with E-state index in [4.69, 9.17) is 4.52 Å². The molecule has 0 saturated carbocycles. The van der Waals surface area contributed by atoms with Crippen molar-refractivity contribution in [2.75, 3.05) is 26.7 Å². The smallest absolute Gasteiger partial charge is 0.320 e. The van der Waals surface area contributed by atoms with Crippen LogP contribution in [0, 0.1) is 0 Å². The fraction of sp³-hybridized carbons (Fsp3) is 1.00. The average molecular weight is 362 g/mol. The molecule has 0 fully saturated rings. The third-order valence-corrected chi connectivity index (χ3v) is 5.20. The SMILES string of the molecule is CCCCCCCCCCCCCCO[P+](=O)NCCCCNC. The second-order valence-electron chi connectivity index (χ2n) is 6.70. The molecule has 4 nitrogen and oxygen atoms in total. The van der Waals surface area contributed by atoms with E-state index in [2.05, 4.69) is 17.3 Å². The number of unbranched alkanes of at least 4 members (excludes halogenated alkanes) is 12. The molecule has 0 radical (unpaired) electrons. The lowest BCUT2D eigenvalue weighted by Crippen LogP contribution is -2.12. The molecule has 0 rings (SSSR count). The van der Waals surface area contributed by atoms with Crippen molar-refractivity contribution in [1.82, 2.24) is 10.4 Å². The molecule has 1 unspecified atom stereocenters. The molecule has 0 spiro atoms. The molecular formula is C19H42N2O2P+. The zero-order valence-electron chi connectivity index (χ0n) is 16.3. The molecule has 1 atom stereocenters. The molecule has 5 heteroatoms. The second kappa shape index (κ2) is 21.0. The Labute approximate surface area is 151 Å². The first-order chi connectivity index (χ1) is 11.8. The minimum atomic E-state index is -1.66. The molecule has 0 aromatic carbocycles. The molecule has 0 amide bonds. The quantitative estimate of drug-likeness (QED) is 0.208. The van der Waals surface area contributed by atoms with Gasteiger partial charge < -0.3 is 5.32 Å². The van der Waals surface area contributed by atoms with Crippen molar-refractivity contribution >= 4 is 8.18 Å². The molecule has 24 heavy (non-hydrogen) atoms. The van der Waals surface area contributed by atoms with Gasteiger partial charge in [-0.3, -0.25) is 0 Å². The summed E-state index contributed by atoms with van der Waals surface area (Å²) in [6, 6.07) is 0. The van der Waals surface area contributed by atoms with Crippen LogP contribution in [-0.2, 0) is 9.09 Å². The summed E-state index contributed by atoms with van der Waals surface area (Å²) < 4.78 is 16.9. The zero-order chi connectivity index (χ0) is 17.7. The van der Waals surface area contributed by atoms with Crippen LogP contribution in [0.3, 0.4) is 0 Å². The number of rotatable bonds is 20. The van der Waals surface area contributed by atoms with Gasteiger partial charge in [0.25, 0.3) is 0 Å². The molecule has 0 aliphatic heterocycles. The highest BCUT2D eigenvalue weighted by Gasteiger charge is 2.15. The number of hydrogen-bond donors (Lipinski definition) is 2. The largest absolute Gasteiger partial charge is 0.612 e. The van der Waals surface area contributed by atoms with Gasteiger partial charge in [0.05, 0.1) is 0 Å². The van der Waals surface area contributed by atoms with Crippen LogP contribution in [0.15, 0.2) is 0 Å². The van der Waals surface area contributed by atoms with Crippen LogP contribution in [0.4, 0.5) is 0 Å². The van der Waals surface area contributed by atoms with Crippen molar-refractivity contribution in [3.05, 3.63) is 0 Å². The standard InChI is InChI=1S/C19H42N2O2P/c1-3-4-5-6-7-8-9-10-11-12-13-16-19-23-24(22)21-18-15-14-17-20-2/h20H,3-19H2,1-2H3,(H,21,22)/q+1. The van der Waals surface area contributed by atoms with Crippen molar-refractivity contribution in [3.8, 4) is 0 Å². The Kier molecular flexibility index (Phi) is 21.0. The summed E-state index contributed by atoms with van der Waals surface area (Å²) >= 11 is 0. The summed E-state index contributed by atoms with van der Waals surface area (Å²) in [5.41, 5.74) is 0. The molecule has 0 aromatic rings. The summed E-state index contributed by atoms with van der Waals surface area (Å²) in [7, 11) is 0.289. The van der Waals surface area contributed by atoms with E-state index in [9.17, 15) is 4.57 Å². The van der Waals surface area contributed by atoms with E-state index in [1.807, 2.05) is 7.05 Å². The van der Waals surface area contributed by atoms with E-state index in [0.717, 1.165) is 32.4 Å². The van der Waals surface area contributed by atoms with E-state index in [-0.39, 0.29) is 0 Å². The Morgan fingerprint density at radius 1 is 0.708 bits per heavy atom. The molecule has 0 aliphatic rings. The highest BCUT2D eigenvalue weighted by molar-refractivity contribution is 7.36. The summed E-state index contributed by atoms with van der Waals surface area (Å²) in [6.45, 7) is 4.68.